The quantitative estimate of drug-likeness (QED) is 0.217. The lowest BCUT2D eigenvalue weighted by atomic mass is 10.1. The summed E-state index contributed by atoms with van der Waals surface area (Å²) >= 11 is 0. The van der Waals surface area contributed by atoms with E-state index >= 15 is 0 Å². The van der Waals surface area contributed by atoms with Crippen molar-refractivity contribution in [2.75, 3.05) is 91.7 Å². The van der Waals surface area contributed by atoms with E-state index in [1.165, 1.54) is 0 Å². The van der Waals surface area contributed by atoms with Crippen LogP contribution in [0.1, 0.15) is 27.2 Å². The molecule has 0 aliphatic carbocycles. The summed E-state index contributed by atoms with van der Waals surface area (Å²) in [5.41, 5.74) is 0. The topological polar surface area (TPSA) is 174 Å². The molecular formula is C23H45N5O8. The number of carbonyl (C=O) groups excluding carboxylic acids is 1. The summed E-state index contributed by atoms with van der Waals surface area (Å²) in [6.07, 6.45) is 0.872. The van der Waals surface area contributed by atoms with Crippen LogP contribution in [0.3, 0.4) is 0 Å². The van der Waals surface area contributed by atoms with E-state index in [2.05, 4.69) is 19.2 Å². The minimum atomic E-state index is -0.994. The molecule has 0 unspecified atom stereocenters. The van der Waals surface area contributed by atoms with Gasteiger partial charge in [-0.25, -0.2) is 0 Å². The van der Waals surface area contributed by atoms with Crippen LogP contribution in [-0.4, -0.2) is 156 Å². The van der Waals surface area contributed by atoms with Gasteiger partial charge in [0.05, 0.1) is 26.2 Å². The molecule has 210 valence electrons. The first-order valence-electron chi connectivity index (χ1n) is 12.4. The maximum atomic E-state index is 12.4. The Hall–Kier alpha value is -2.32. The van der Waals surface area contributed by atoms with Gasteiger partial charge in [0.15, 0.2) is 0 Å². The molecule has 0 aromatic carbocycles. The monoisotopic (exact) mass is 519 g/mol. The van der Waals surface area contributed by atoms with Gasteiger partial charge in [-0.2, -0.15) is 0 Å². The van der Waals surface area contributed by atoms with Crippen molar-refractivity contribution >= 4 is 23.8 Å². The number of nitrogens with zero attached hydrogens (tertiary/aromatic N) is 4. The van der Waals surface area contributed by atoms with Gasteiger partial charge >= 0.3 is 17.9 Å². The Balaban J connectivity index is 0.00000387. The van der Waals surface area contributed by atoms with E-state index in [1.54, 1.807) is 21.6 Å². The van der Waals surface area contributed by atoms with Crippen LogP contribution in [0.15, 0.2) is 0 Å². The molecule has 13 heteroatoms. The maximum absolute atomic E-state index is 12.4. The summed E-state index contributed by atoms with van der Waals surface area (Å²) in [4.78, 5) is 53.3. The van der Waals surface area contributed by atoms with Crippen molar-refractivity contribution in [1.82, 2.24) is 24.9 Å². The molecule has 0 spiro atoms. The Morgan fingerprint density at radius 2 is 0.944 bits per heavy atom. The Labute approximate surface area is 213 Å². The van der Waals surface area contributed by atoms with Crippen LogP contribution in [0.4, 0.5) is 0 Å². The number of hydrogen-bond acceptors (Lipinski definition) is 9. The Morgan fingerprint density at radius 3 is 1.19 bits per heavy atom. The van der Waals surface area contributed by atoms with Gasteiger partial charge in [-0.1, -0.05) is 13.8 Å². The van der Waals surface area contributed by atoms with Gasteiger partial charge in [-0.3, -0.25) is 38.8 Å². The molecule has 1 amide bonds. The summed E-state index contributed by atoms with van der Waals surface area (Å²) < 4.78 is 0. The number of hydrogen-bond donors (Lipinski definition) is 5. The molecule has 1 saturated heterocycles. The standard InChI is InChI=1S/C21H39N5O7.C2H6O/c1-17(2)3-4-22-18(27)13-23-5-7-24(14-19(28)29)9-11-26(16-21(32)33)12-10-25(8-6-23)15-20(30)31;1-2-3/h17H,3-16H2,1-2H3,(H,22,27)(H,28,29)(H,30,31)(H,32,33);3H,2H2,1H3. The zero-order valence-corrected chi connectivity index (χ0v) is 21.9. The van der Waals surface area contributed by atoms with Crippen LogP contribution in [0.5, 0.6) is 0 Å². The Morgan fingerprint density at radius 1 is 0.667 bits per heavy atom. The molecule has 0 saturated carbocycles. The normalized spacial score (nSPS) is 17.4. The number of carboxylic acids is 3. The fourth-order valence-electron chi connectivity index (χ4n) is 3.54. The lowest BCUT2D eigenvalue weighted by molar-refractivity contribution is -0.140. The average Bonchev–Trinajstić information content (AvgIpc) is 2.74. The highest BCUT2D eigenvalue weighted by Crippen LogP contribution is 2.02. The molecule has 1 aliphatic rings. The van der Waals surface area contributed by atoms with E-state index < -0.39 is 17.9 Å². The third-order valence-electron chi connectivity index (χ3n) is 5.42. The van der Waals surface area contributed by atoms with Crippen molar-refractivity contribution in [1.29, 1.82) is 0 Å². The minimum Gasteiger partial charge on any atom is -0.480 e. The number of nitrogens with one attached hydrogen (secondary N) is 1. The molecule has 0 bridgehead atoms. The first-order valence-corrected chi connectivity index (χ1v) is 12.4. The molecule has 1 rings (SSSR count). The van der Waals surface area contributed by atoms with Gasteiger partial charge in [0.2, 0.25) is 5.91 Å². The van der Waals surface area contributed by atoms with Gasteiger partial charge in [-0.05, 0) is 19.3 Å². The van der Waals surface area contributed by atoms with E-state index in [0.717, 1.165) is 6.42 Å². The van der Waals surface area contributed by atoms with Crippen molar-refractivity contribution in [3.63, 3.8) is 0 Å². The van der Waals surface area contributed by atoms with Crippen LogP contribution in [-0.2, 0) is 19.2 Å². The number of rotatable bonds is 11. The van der Waals surface area contributed by atoms with Crippen LogP contribution >= 0.6 is 0 Å². The average molecular weight is 520 g/mol. The SMILES string of the molecule is CC(C)CCNC(=O)CN1CCN(CC(=O)O)CCN(CC(=O)O)CCN(CC(=O)O)CC1.CCO. The molecule has 0 atom stereocenters. The van der Waals surface area contributed by atoms with E-state index in [0.29, 0.717) is 64.8 Å². The van der Waals surface area contributed by atoms with Gasteiger partial charge in [-0.15, -0.1) is 0 Å². The van der Waals surface area contributed by atoms with Crippen LogP contribution in [0, 0.1) is 5.92 Å². The third kappa shape index (κ3) is 18.9. The van der Waals surface area contributed by atoms with Crippen molar-refractivity contribution in [3.8, 4) is 0 Å². The van der Waals surface area contributed by atoms with Gasteiger partial charge in [0.25, 0.3) is 0 Å². The Bertz CT molecular complexity index is 632. The highest BCUT2D eigenvalue weighted by Gasteiger charge is 2.21. The second kappa shape index (κ2) is 19.8. The number of carboxylic acid groups (broad SMARTS) is 3. The molecule has 0 aromatic heterocycles. The molecule has 0 aromatic rings. The first-order chi connectivity index (χ1) is 17.0. The van der Waals surface area contributed by atoms with Crippen molar-refractivity contribution in [3.05, 3.63) is 0 Å². The summed E-state index contributed by atoms with van der Waals surface area (Å²) in [7, 11) is 0. The molecule has 1 fully saturated rings. The minimum absolute atomic E-state index is 0.120. The number of carbonyl (C=O) groups is 4. The lowest BCUT2D eigenvalue weighted by Crippen LogP contribution is -2.49. The molecule has 0 radical (unpaired) electrons. The zero-order valence-electron chi connectivity index (χ0n) is 21.9. The van der Waals surface area contributed by atoms with Crippen LogP contribution < -0.4 is 5.32 Å². The summed E-state index contributed by atoms with van der Waals surface area (Å²) in [6.45, 7) is 9.30. The molecule has 5 N–H and O–H groups in total. The van der Waals surface area contributed by atoms with E-state index in [-0.39, 0.29) is 38.7 Å². The predicted octanol–water partition coefficient (Wildman–Crippen LogP) is -1.38. The van der Waals surface area contributed by atoms with E-state index in [1.807, 2.05) is 4.90 Å². The number of aliphatic carboxylic acids is 3. The first kappa shape index (κ1) is 33.7. The van der Waals surface area contributed by atoms with Gasteiger partial charge < -0.3 is 25.7 Å². The molecule has 1 heterocycles. The third-order valence-corrected chi connectivity index (χ3v) is 5.42. The highest BCUT2D eigenvalue weighted by atomic mass is 16.4. The van der Waals surface area contributed by atoms with Crippen molar-refractivity contribution < 1.29 is 39.6 Å². The van der Waals surface area contributed by atoms with E-state index in [9.17, 15) is 34.5 Å². The largest absolute Gasteiger partial charge is 0.480 e. The van der Waals surface area contributed by atoms with Crippen LogP contribution in [0.25, 0.3) is 0 Å². The van der Waals surface area contributed by atoms with E-state index in [4.69, 9.17) is 5.11 Å². The summed E-state index contributed by atoms with van der Waals surface area (Å²) in [6, 6.07) is 0. The number of aliphatic hydroxyl groups excluding tert-OH is 1. The smallest absolute Gasteiger partial charge is 0.317 e. The summed E-state index contributed by atoms with van der Waals surface area (Å²) in [5, 5.41) is 38.2. The molecule has 36 heavy (non-hydrogen) atoms. The van der Waals surface area contributed by atoms with Crippen LogP contribution in [0.2, 0.25) is 0 Å². The second-order valence-corrected chi connectivity index (χ2v) is 9.13. The van der Waals surface area contributed by atoms with Crippen molar-refractivity contribution in [2.45, 2.75) is 27.2 Å². The Kier molecular flexibility index (Phi) is 18.5. The molecule has 13 nitrogen and oxygen atoms in total. The maximum Gasteiger partial charge on any atom is 0.317 e. The number of aliphatic hydroxyl groups is 1. The fourth-order valence-corrected chi connectivity index (χ4v) is 3.54. The zero-order chi connectivity index (χ0) is 27.5. The fraction of sp³-hybridized carbons (Fsp3) is 0.826. The van der Waals surface area contributed by atoms with Gasteiger partial charge in [0, 0.05) is 65.5 Å². The number of amides is 1. The molecule has 1 aliphatic heterocycles. The van der Waals surface area contributed by atoms with Gasteiger partial charge in [0.1, 0.15) is 0 Å². The van der Waals surface area contributed by atoms with Crippen molar-refractivity contribution in [2.24, 2.45) is 5.92 Å². The predicted molar refractivity (Wildman–Crippen MR) is 134 cm³/mol. The second-order valence-electron chi connectivity index (χ2n) is 9.13. The summed E-state index contributed by atoms with van der Waals surface area (Å²) in [5.74, 6) is -2.59. The highest BCUT2D eigenvalue weighted by molar-refractivity contribution is 5.78. The molecular weight excluding hydrogens is 474 g/mol. The lowest BCUT2D eigenvalue weighted by Gasteiger charge is -2.32.